The highest BCUT2D eigenvalue weighted by Crippen LogP contribution is 2.47. The van der Waals surface area contributed by atoms with E-state index in [-0.39, 0.29) is 11.8 Å². The van der Waals surface area contributed by atoms with Crippen LogP contribution in [0.4, 0.5) is 0 Å². The smallest absolute Gasteiger partial charge is 0.164 e. The summed E-state index contributed by atoms with van der Waals surface area (Å²) in [7, 11) is 0. The monoisotopic (exact) mass is 690 g/mol. The maximum atomic E-state index is 5.14. The summed E-state index contributed by atoms with van der Waals surface area (Å²) in [6, 6.07) is 58.2. The molecule has 0 fully saturated rings. The summed E-state index contributed by atoms with van der Waals surface area (Å²) in [5.74, 6) is 2.49. The van der Waals surface area contributed by atoms with E-state index in [0.717, 1.165) is 33.2 Å². The zero-order valence-electron chi connectivity index (χ0n) is 29.7. The average Bonchev–Trinajstić information content (AvgIpc) is 3.77. The van der Waals surface area contributed by atoms with Crippen molar-refractivity contribution >= 4 is 44.0 Å². The first-order valence-corrected chi connectivity index (χ1v) is 18.7. The normalized spacial score (nSPS) is 15.4. The highest BCUT2D eigenvalue weighted by atomic mass is 15.0. The first kappa shape index (κ1) is 30.7. The highest BCUT2D eigenvalue weighted by Gasteiger charge is 2.31. The molecule has 0 saturated carbocycles. The minimum atomic E-state index is 0.241. The second kappa shape index (κ2) is 12.1. The molecule has 3 aromatic heterocycles. The number of benzene rings is 7. The lowest BCUT2D eigenvalue weighted by Gasteiger charge is -2.26. The second-order valence-electron chi connectivity index (χ2n) is 14.4. The van der Waals surface area contributed by atoms with Crippen molar-refractivity contribution < 1.29 is 0 Å². The van der Waals surface area contributed by atoms with Gasteiger partial charge in [0, 0.05) is 55.9 Å². The Balaban J connectivity index is 1.03. The summed E-state index contributed by atoms with van der Waals surface area (Å²) in [6.45, 7) is 2.39. The third kappa shape index (κ3) is 4.73. The van der Waals surface area contributed by atoms with E-state index in [1.807, 2.05) is 36.4 Å². The van der Waals surface area contributed by atoms with Gasteiger partial charge in [0.15, 0.2) is 17.5 Å². The standard InChI is InChI=1S/C50H34N4/c1-31-38(27-28-42-41-21-12-20-40-39-19-10-11-22-45(39)54(46(31)42)47(40)41)32-23-25-33(26-24-32)43-29-36-17-8-9-18-37(36)30-44(43)50-52-48(34-13-4-2-5-14-34)51-49(53-50)35-15-6-3-7-16-35/h2-31,38H,1H3. The van der Waals surface area contributed by atoms with Gasteiger partial charge in [-0.1, -0.05) is 165 Å². The predicted molar refractivity (Wildman–Crippen MR) is 223 cm³/mol. The van der Waals surface area contributed by atoms with Crippen LogP contribution in [0.5, 0.6) is 0 Å². The van der Waals surface area contributed by atoms with E-state index in [4.69, 9.17) is 15.0 Å². The molecule has 7 aromatic carbocycles. The van der Waals surface area contributed by atoms with Crippen LogP contribution in [0, 0.1) is 0 Å². The Bertz CT molecular complexity index is 2990. The van der Waals surface area contributed by atoms with Gasteiger partial charge in [-0.15, -0.1) is 0 Å². The quantitative estimate of drug-likeness (QED) is 0.181. The van der Waals surface area contributed by atoms with Gasteiger partial charge in [0.1, 0.15) is 0 Å². The largest absolute Gasteiger partial charge is 0.311 e. The van der Waals surface area contributed by atoms with Gasteiger partial charge in [0.05, 0.1) is 11.0 Å². The van der Waals surface area contributed by atoms with E-state index >= 15 is 0 Å². The molecular weight excluding hydrogens is 657 g/mol. The maximum absolute atomic E-state index is 5.14. The molecule has 4 nitrogen and oxygen atoms in total. The molecule has 54 heavy (non-hydrogen) atoms. The Morgan fingerprint density at radius 1 is 0.481 bits per heavy atom. The Labute approximate surface area is 313 Å². The third-order valence-corrected chi connectivity index (χ3v) is 11.4. The van der Waals surface area contributed by atoms with Gasteiger partial charge in [0.25, 0.3) is 0 Å². The van der Waals surface area contributed by atoms with Gasteiger partial charge in [-0.05, 0) is 45.7 Å². The fourth-order valence-corrected chi connectivity index (χ4v) is 8.78. The van der Waals surface area contributed by atoms with Crippen LogP contribution in [-0.4, -0.2) is 19.4 Å². The van der Waals surface area contributed by atoms with Crippen LogP contribution in [-0.2, 0) is 0 Å². The van der Waals surface area contributed by atoms with E-state index in [2.05, 4.69) is 151 Å². The van der Waals surface area contributed by atoms with Crippen molar-refractivity contribution in [2.24, 2.45) is 0 Å². The van der Waals surface area contributed by atoms with E-state index in [0.29, 0.717) is 17.5 Å². The molecule has 0 bridgehead atoms. The van der Waals surface area contributed by atoms with Crippen molar-refractivity contribution in [3.05, 3.63) is 187 Å². The second-order valence-corrected chi connectivity index (χ2v) is 14.4. The lowest BCUT2D eigenvalue weighted by molar-refractivity contribution is 0.648. The number of aromatic nitrogens is 4. The minimum Gasteiger partial charge on any atom is -0.311 e. The highest BCUT2D eigenvalue weighted by molar-refractivity contribution is 6.17. The van der Waals surface area contributed by atoms with Gasteiger partial charge in [-0.25, -0.2) is 15.0 Å². The van der Waals surface area contributed by atoms with Gasteiger partial charge in [0.2, 0.25) is 0 Å². The summed E-state index contributed by atoms with van der Waals surface area (Å²) in [4.78, 5) is 15.2. The summed E-state index contributed by atoms with van der Waals surface area (Å²) in [6.07, 6.45) is 4.77. The van der Waals surface area contributed by atoms with Crippen LogP contribution in [0.2, 0.25) is 0 Å². The molecule has 1 aliphatic carbocycles. The molecule has 0 radical (unpaired) electrons. The summed E-state index contributed by atoms with van der Waals surface area (Å²) >= 11 is 0. The Morgan fingerprint density at radius 3 is 1.76 bits per heavy atom. The van der Waals surface area contributed by atoms with Gasteiger partial charge in [-0.3, -0.25) is 0 Å². The number of nitrogens with zero attached hydrogens (tertiary/aromatic N) is 4. The van der Waals surface area contributed by atoms with E-state index < -0.39 is 0 Å². The van der Waals surface area contributed by atoms with Crippen LogP contribution in [0.25, 0.3) is 89.3 Å². The summed E-state index contributed by atoms with van der Waals surface area (Å²) < 4.78 is 2.54. The fourth-order valence-electron chi connectivity index (χ4n) is 8.78. The molecule has 0 aliphatic heterocycles. The molecule has 0 spiro atoms. The SMILES string of the molecule is CC1c2c(c3cccc4c5ccccc5n2c34)C=CC1c1ccc(-c2cc3ccccc3cc2-c2nc(-c3ccccc3)nc(-c3ccccc3)n2)cc1. The first-order valence-electron chi connectivity index (χ1n) is 18.7. The topological polar surface area (TPSA) is 43.1 Å². The fraction of sp³-hybridized carbons (Fsp3) is 0.0600. The molecule has 2 atom stereocenters. The summed E-state index contributed by atoms with van der Waals surface area (Å²) in [5, 5.41) is 6.30. The van der Waals surface area contributed by atoms with Crippen LogP contribution in [0.3, 0.4) is 0 Å². The van der Waals surface area contributed by atoms with Crippen molar-refractivity contribution in [3.8, 4) is 45.3 Å². The number of rotatable bonds is 5. The van der Waals surface area contributed by atoms with Crippen LogP contribution in [0.1, 0.15) is 35.6 Å². The molecule has 1 aliphatic rings. The van der Waals surface area contributed by atoms with Crippen molar-refractivity contribution in [1.29, 1.82) is 0 Å². The molecule has 0 N–H and O–H groups in total. The molecule has 254 valence electrons. The van der Waals surface area contributed by atoms with E-state index in [1.165, 1.54) is 49.4 Å². The molecule has 4 heteroatoms. The number of fused-ring (bicyclic) bond motifs is 7. The number of hydrogen-bond donors (Lipinski definition) is 0. The van der Waals surface area contributed by atoms with E-state index in [9.17, 15) is 0 Å². The lowest BCUT2D eigenvalue weighted by Crippen LogP contribution is -2.12. The average molecular weight is 691 g/mol. The molecule has 0 amide bonds. The first-order chi connectivity index (χ1) is 26.7. The Hall–Kier alpha value is -6.91. The molecule has 0 saturated heterocycles. The maximum Gasteiger partial charge on any atom is 0.164 e. The zero-order chi connectivity index (χ0) is 35.8. The van der Waals surface area contributed by atoms with Crippen molar-refractivity contribution in [3.63, 3.8) is 0 Å². The van der Waals surface area contributed by atoms with Crippen LogP contribution >= 0.6 is 0 Å². The minimum absolute atomic E-state index is 0.241. The number of hydrogen-bond acceptors (Lipinski definition) is 3. The van der Waals surface area contributed by atoms with Gasteiger partial charge in [-0.2, -0.15) is 0 Å². The lowest BCUT2D eigenvalue weighted by atomic mass is 9.79. The Kier molecular flexibility index (Phi) is 6.86. The van der Waals surface area contributed by atoms with E-state index in [1.54, 1.807) is 0 Å². The molecule has 3 heterocycles. The molecule has 10 aromatic rings. The third-order valence-electron chi connectivity index (χ3n) is 11.4. The Morgan fingerprint density at radius 2 is 1.06 bits per heavy atom. The van der Waals surface area contributed by atoms with Crippen molar-refractivity contribution in [2.45, 2.75) is 18.8 Å². The van der Waals surface area contributed by atoms with Gasteiger partial charge < -0.3 is 4.40 Å². The molecule has 2 unspecified atom stereocenters. The van der Waals surface area contributed by atoms with Crippen molar-refractivity contribution in [1.82, 2.24) is 19.4 Å². The van der Waals surface area contributed by atoms with Crippen LogP contribution in [0.15, 0.2) is 170 Å². The molecular formula is C50H34N4. The zero-order valence-corrected chi connectivity index (χ0v) is 29.7. The summed E-state index contributed by atoms with van der Waals surface area (Å²) in [5.41, 5.74) is 11.8. The number of allylic oxidation sites excluding steroid dienone is 1. The van der Waals surface area contributed by atoms with Crippen molar-refractivity contribution in [2.75, 3.05) is 0 Å². The molecule has 11 rings (SSSR count). The van der Waals surface area contributed by atoms with Gasteiger partial charge >= 0.3 is 0 Å². The number of para-hydroxylation sites is 2. The predicted octanol–water partition coefficient (Wildman–Crippen LogP) is 12.6. The van der Waals surface area contributed by atoms with Crippen LogP contribution < -0.4 is 0 Å².